The lowest BCUT2D eigenvalue weighted by atomic mass is 10.00. The highest BCUT2D eigenvalue weighted by atomic mass is 79.9. The SMILES string of the molecule is CC(C)(O)C(O)CCON.CC(C)(O)C(O)CCON1C(=O)c2ccccc2C1=O.CC(C)=CCCBr.CC(C)=CCCON1C(=O)c2ccccc2C1=O.NN.O=C1c2ccccc2C(=O)N1O. The van der Waals surface area contributed by atoms with E-state index < -0.39 is 47.0 Å². The summed E-state index contributed by atoms with van der Waals surface area (Å²) in [5.74, 6) is 9.63. The third kappa shape index (κ3) is 19.5. The van der Waals surface area contributed by atoms with Gasteiger partial charge in [0.1, 0.15) is 0 Å². The minimum Gasteiger partial charge on any atom is -0.390 e. The van der Waals surface area contributed by atoms with E-state index in [1.54, 1.807) is 60.7 Å². The third-order valence-corrected chi connectivity index (χ3v) is 10.0. The number of carbonyl (C=O) groups is 6. The average Bonchev–Trinajstić information content (AvgIpc) is 3.81. The van der Waals surface area contributed by atoms with Gasteiger partial charge in [0.25, 0.3) is 35.4 Å². The number of imide groups is 3. The molecule has 0 radical (unpaired) electrons. The quantitative estimate of drug-likeness (QED) is 0.0190. The van der Waals surface area contributed by atoms with Crippen LogP contribution in [0.4, 0.5) is 0 Å². The van der Waals surface area contributed by atoms with Gasteiger partial charge in [0.2, 0.25) is 0 Å². The molecule has 3 heterocycles. The van der Waals surface area contributed by atoms with Crippen LogP contribution in [-0.2, 0) is 14.5 Å². The molecule has 0 saturated heterocycles. The van der Waals surface area contributed by atoms with Crippen LogP contribution in [0.25, 0.3) is 0 Å². The molecule has 0 bridgehead atoms. The molecule has 0 saturated carbocycles. The first-order valence-electron chi connectivity index (χ1n) is 21.6. The molecule has 11 N–H and O–H groups in total. The van der Waals surface area contributed by atoms with Gasteiger partial charge in [0.05, 0.1) is 76.6 Å². The fourth-order valence-electron chi connectivity index (χ4n) is 5.72. The maximum atomic E-state index is 11.9. The molecule has 3 aromatic carbocycles. The van der Waals surface area contributed by atoms with Gasteiger partial charge in [-0.3, -0.25) is 55.3 Å². The van der Waals surface area contributed by atoms with Crippen molar-refractivity contribution in [3.05, 3.63) is 129 Å². The van der Waals surface area contributed by atoms with Gasteiger partial charge in [-0.2, -0.15) is 0 Å². The number of fused-ring (bicyclic) bond motifs is 3. The predicted octanol–water partition coefficient (Wildman–Crippen LogP) is 4.93. The standard InChI is InChI=1S/C14H17NO5.C14H15NO3.C8H5NO3.C6H11Br.C6H15NO3.H4N2/c1-14(2,19)11(16)7-8-20-15-12(17)9-5-3-4-6-10(9)13(15)18;1-10(2)6-5-9-18-15-13(16)11-7-3-4-8-12(11)14(15)17;10-7-5-3-1-2-4-6(5)8(11)9(7)12;1-6(2)4-3-5-7;1-6(2,9)5(8)3-4-10-7;1-2/h3-6,11,16,19H,7-8H2,1-2H3;3-4,6-8H,5,9H2,1-2H3;1-4,12H;4H,3,5H2,1-2H3;5,8-9H,3-4,7H2,1-2H3;1-2H2. The number of hydrazine groups is 1. The number of allylic oxidation sites excluding steroid dienone is 3. The Labute approximate surface area is 410 Å². The minimum absolute atomic E-state index is 0.0450. The van der Waals surface area contributed by atoms with Crippen LogP contribution in [0.2, 0.25) is 0 Å². The molecule has 3 aliphatic heterocycles. The number of amides is 6. The van der Waals surface area contributed by atoms with Gasteiger partial charge >= 0.3 is 0 Å². The molecule has 0 fully saturated rings. The Balaban J connectivity index is 0.000000446. The molecule has 20 nitrogen and oxygen atoms in total. The summed E-state index contributed by atoms with van der Waals surface area (Å²) in [7, 11) is 0. The summed E-state index contributed by atoms with van der Waals surface area (Å²) in [6.07, 6.45) is 4.72. The molecule has 380 valence electrons. The molecule has 6 rings (SSSR count). The van der Waals surface area contributed by atoms with Crippen molar-refractivity contribution >= 4 is 51.4 Å². The molecule has 0 spiro atoms. The molecule has 21 heteroatoms. The van der Waals surface area contributed by atoms with Crippen molar-refractivity contribution in [2.24, 2.45) is 17.6 Å². The highest BCUT2D eigenvalue weighted by molar-refractivity contribution is 9.09. The molecule has 6 amide bonds. The number of hydrogen-bond donors (Lipinski definition) is 8. The molecule has 2 unspecified atom stereocenters. The van der Waals surface area contributed by atoms with Crippen LogP contribution >= 0.6 is 15.9 Å². The van der Waals surface area contributed by atoms with Gasteiger partial charge in [-0.25, -0.2) is 5.90 Å². The van der Waals surface area contributed by atoms with Gasteiger partial charge < -0.3 is 25.3 Å². The lowest BCUT2D eigenvalue weighted by molar-refractivity contribution is -0.114. The Kier molecular flexibility index (Phi) is 27.0. The summed E-state index contributed by atoms with van der Waals surface area (Å²) in [4.78, 5) is 84.4. The fraction of sp³-hybridized carbons (Fsp3) is 0.417. The van der Waals surface area contributed by atoms with Crippen LogP contribution in [-0.4, -0.2) is 125 Å². The molecular formula is C48H67BrN6O14. The zero-order valence-corrected chi connectivity index (χ0v) is 41.8. The van der Waals surface area contributed by atoms with E-state index in [4.69, 9.17) is 31.0 Å². The number of hydrogen-bond acceptors (Lipinski definition) is 17. The Bertz CT molecular complexity index is 2130. The summed E-state index contributed by atoms with van der Waals surface area (Å²) >= 11 is 3.33. The number of benzene rings is 3. The normalized spacial score (nSPS) is 14.2. The smallest absolute Gasteiger partial charge is 0.285 e. The highest BCUT2D eigenvalue weighted by Gasteiger charge is 2.38. The second kappa shape index (κ2) is 30.3. The van der Waals surface area contributed by atoms with Crippen LogP contribution in [0.1, 0.15) is 143 Å². The number of carbonyl (C=O) groups excluding carboxylic acids is 6. The second-order valence-corrected chi connectivity index (χ2v) is 17.4. The number of alkyl halides is 1. The largest absolute Gasteiger partial charge is 0.390 e. The molecule has 3 aromatic rings. The Morgan fingerprint density at radius 3 is 1.13 bits per heavy atom. The van der Waals surface area contributed by atoms with E-state index >= 15 is 0 Å². The van der Waals surface area contributed by atoms with Crippen molar-refractivity contribution in [1.29, 1.82) is 0 Å². The van der Waals surface area contributed by atoms with E-state index in [1.165, 1.54) is 51.0 Å². The Morgan fingerprint density at radius 1 is 0.565 bits per heavy atom. The average molecular weight is 1030 g/mol. The third-order valence-electron chi connectivity index (χ3n) is 9.59. The van der Waals surface area contributed by atoms with E-state index in [9.17, 15) is 39.0 Å². The first kappa shape index (κ1) is 61.6. The number of halogens is 1. The number of aliphatic hydroxyl groups excluding tert-OH is 2. The number of aliphatic hydroxyl groups is 4. The predicted molar refractivity (Wildman–Crippen MR) is 259 cm³/mol. The summed E-state index contributed by atoms with van der Waals surface area (Å²) < 4.78 is 0. The van der Waals surface area contributed by atoms with Gasteiger partial charge in [0.15, 0.2) is 0 Å². The van der Waals surface area contributed by atoms with Crippen molar-refractivity contribution in [2.45, 2.75) is 104 Å². The molecule has 0 aromatic heterocycles. The minimum atomic E-state index is -1.26. The first-order valence-corrected chi connectivity index (χ1v) is 22.7. The summed E-state index contributed by atoms with van der Waals surface area (Å²) in [6, 6.07) is 19.5. The van der Waals surface area contributed by atoms with Gasteiger partial charge in [-0.05, 0) is 105 Å². The van der Waals surface area contributed by atoms with Crippen molar-refractivity contribution in [1.82, 2.24) is 15.2 Å². The maximum Gasteiger partial charge on any atom is 0.285 e. The number of hydroxylamine groups is 6. The van der Waals surface area contributed by atoms with Crippen molar-refractivity contribution in [3.8, 4) is 0 Å². The van der Waals surface area contributed by atoms with E-state index in [0.717, 1.165) is 16.8 Å². The number of rotatable bonds is 15. The van der Waals surface area contributed by atoms with Crippen LogP contribution in [0.15, 0.2) is 96.1 Å². The van der Waals surface area contributed by atoms with Crippen LogP contribution in [0, 0.1) is 0 Å². The van der Waals surface area contributed by atoms with Gasteiger partial charge in [0, 0.05) is 18.2 Å². The molecular weight excluding hydrogens is 964 g/mol. The fourth-order valence-corrected chi connectivity index (χ4v) is 5.95. The molecule has 2 atom stereocenters. The van der Waals surface area contributed by atoms with E-state index in [-0.39, 0.29) is 47.6 Å². The Hall–Kier alpha value is -5.40. The first-order chi connectivity index (χ1) is 32.4. The van der Waals surface area contributed by atoms with E-state index in [1.807, 2.05) is 19.9 Å². The lowest BCUT2D eigenvalue weighted by Gasteiger charge is -2.24. The van der Waals surface area contributed by atoms with Crippen LogP contribution in [0.3, 0.4) is 0 Å². The zero-order valence-electron chi connectivity index (χ0n) is 40.3. The van der Waals surface area contributed by atoms with E-state index in [2.05, 4.69) is 52.4 Å². The molecule has 3 aliphatic rings. The zero-order chi connectivity index (χ0) is 52.6. The summed E-state index contributed by atoms with van der Waals surface area (Å²) in [5.41, 5.74) is 2.19. The molecule has 0 aliphatic carbocycles. The van der Waals surface area contributed by atoms with Gasteiger partial charge in [-0.15, -0.1) is 15.2 Å². The van der Waals surface area contributed by atoms with Gasteiger partial charge in [-0.1, -0.05) is 75.6 Å². The highest BCUT2D eigenvalue weighted by Crippen LogP contribution is 2.25. The summed E-state index contributed by atoms with van der Waals surface area (Å²) in [5, 5.41) is 49.2. The second-order valence-electron chi connectivity index (χ2n) is 16.7. The summed E-state index contributed by atoms with van der Waals surface area (Å²) in [6.45, 7) is 14.7. The van der Waals surface area contributed by atoms with Crippen LogP contribution < -0.4 is 17.6 Å². The molecule has 69 heavy (non-hydrogen) atoms. The van der Waals surface area contributed by atoms with Crippen LogP contribution in [0.5, 0.6) is 0 Å². The van der Waals surface area contributed by atoms with E-state index in [0.29, 0.717) is 46.8 Å². The lowest BCUT2D eigenvalue weighted by Crippen LogP contribution is -2.38. The Morgan fingerprint density at radius 2 is 0.855 bits per heavy atom. The van der Waals surface area contributed by atoms with Crippen molar-refractivity contribution < 1.29 is 68.9 Å². The monoisotopic (exact) mass is 1030 g/mol. The van der Waals surface area contributed by atoms with Crippen molar-refractivity contribution in [3.63, 3.8) is 0 Å². The number of nitrogens with two attached hydrogens (primary N) is 3. The maximum absolute atomic E-state index is 11.9. The van der Waals surface area contributed by atoms with Crippen molar-refractivity contribution in [2.75, 3.05) is 25.2 Å². The number of nitrogens with zero attached hydrogens (tertiary/aromatic N) is 3. The topological polar surface area (TPSA) is 319 Å².